The third-order valence-electron chi connectivity index (χ3n) is 5.39. The Morgan fingerprint density at radius 1 is 1.19 bits per heavy atom. The lowest BCUT2D eigenvalue weighted by molar-refractivity contribution is 0.114. The lowest BCUT2D eigenvalue weighted by Gasteiger charge is -2.38. The van der Waals surface area contributed by atoms with Crippen molar-refractivity contribution in [3.05, 3.63) is 0 Å². The molecule has 2 aliphatic rings. The zero-order valence-corrected chi connectivity index (χ0v) is 11.4. The van der Waals surface area contributed by atoms with Crippen molar-refractivity contribution in [1.82, 2.24) is 5.32 Å². The fourth-order valence-electron chi connectivity index (χ4n) is 4.26. The van der Waals surface area contributed by atoms with Crippen molar-refractivity contribution < 1.29 is 0 Å². The molecule has 16 heavy (non-hydrogen) atoms. The van der Waals surface area contributed by atoms with Gasteiger partial charge in [-0.15, -0.1) is 0 Å². The van der Waals surface area contributed by atoms with Gasteiger partial charge in [-0.2, -0.15) is 0 Å². The van der Waals surface area contributed by atoms with Gasteiger partial charge in [0.15, 0.2) is 0 Å². The van der Waals surface area contributed by atoms with Crippen LogP contribution in [0.5, 0.6) is 0 Å². The van der Waals surface area contributed by atoms with Gasteiger partial charge >= 0.3 is 0 Å². The molecule has 2 fully saturated rings. The highest BCUT2D eigenvalue weighted by Crippen LogP contribution is 2.60. The summed E-state index contributed by atoms with van der Waals surface area (Å²) in [6.45, 7) is 9.77. The van der Waals surface area contributed by atoms with E-state index in [9.17, 15) is 0 Å². The summed E-state index contributed by atoms with van der Waals surface area (Å²) in [5, 5.41) is 3.61. The predicted octanol–water partition coefficient (Wildman–Crippen LogP) is 3.84. The minimum Gasteiger partial charge on any atom is -0.317 e. The molecule has 0 saturated heterocycles. The largest absolute Gasteiger partial charge is 0.317 e. The summed E-state index contributed by atoms with van der Waals surface area (Å²) in [5.41, 5.74) is 0.634. The molecule has 3 atom stereocenters. The van der Waals surface area contributed by atoms with Crippen LogP contribution in [0.15, 0.2) is 0 Å². The van der Waals surface area contributed by atoms with E-state index in [2.05, 4.69) is 26.1 Å². The van der Waals surface area contributed by atoms with E-state index < -0.39 is 0 Å². The van der Waals surface area contributed by atoms with Crippen LogP contribution >= 0.6 is 0 Å². The second-order valence-electron chi connectivity index (χ2n) is 6.59. The Balaban J connectivity index is 1.73. The summed E-state index contributed by atoms with van der Waals surface area (Å²) >= 11 is 0. The maximum atomic E-state index is 3.61. The molecule has 0 aliphatic heterocycles. The van der Waals surface area contributed by atoms with Crippen LogP contribution in [0.1, 0.15) is 59.3 Å². The van der Waals surface area contributed by atoms with E-state index in [1.807, 2.05) is 0 Å². The van der Waals surface area contributed by atoms with Crippen molar-refractivity contribution in [1.29, 1.82) is 0 Å². The first-order valence-electron chi connectivity index (χ1n) is 7.37. The lowest BCUT2D eigenvalue weighted by atomic mass is 9.67. The fraction of sp³-hybridized carbons (Fsp3) is 1.00. The summed E-state index contributed by atoms with van der Waals surface area (Å²) in [4.78, 5) is 0. The Bertz CT molecular complexity index is 221. The number of nitrogens with one attached hydrogen (secondary N) is 1. The van der Waals surface area contributed by atoms with Gasteiger partial charge in [0.05, 0.1) is 0 Å². The molecule has 0 aromatic carbocycles. The van der Waals surface area contributed by atoms with E-state index in [1.54, 1.807) is 0 Å². The Hall–Kier alpha value is -0.0400. The molecule has 1 heteroatoms. The average Bonchev–Trinajstić information content (AvgIpc) is 2.79. The van der Waals surface area contributed by atoms with Gasteiger partial charge in [0.2, 0.25) is 0 Å². The molecule has 3 unspecified atom stereocenters. The molecule has 1 N–H and O–H groups in total. The average molecular weight is 223 g/mol. The minimum absolute atomic E-state index is 0.634. The zero-order chi connectivity index (χ0) is 11.6. The quantitative estimate of drug-likeness (QED) is 0.675. The zero-order valence-electron chi connectivity index (χ0n) is 11.4. The van der Waals surface area contributed by atoms with Crippen LogP contribution in [0.4, 0.5) is 0 Å². The molecule has 0 radical (unpaired) electrons. The SMILES string of the molecule is CCCCNCCC1C2CCC(C2)C1(C)C. The number of hydrogen-bond donors (Lipinski definition) is 1. The Morgan fingerprint density at radius 2 is 2.00 bits per heavy atom. The molecule has 0 spiro atoms. The van der Waals surface area contributed by atoms with Gasteiger partial charge in [-0.25, -0.2) is 0 Å². The fourth-order valence-corrected chi connectivity index (χ4v) is 4.26. The van der Waals surface area contributed by atoms with Crippen LogP contribution in [0.25, 0.3) is 0 Å². The van der Waals surface area contributed by atoms with Crippen molar-refractivity contribution in [2.24, 2.45) is 23.2 Å². The predicted molar refractivity (Wildman–Crippen MR) is 70.5 cm³/mol. The topological polar surface area (TPSA) is 12.0 Å². The van der Waals surface area contributed by atoms with E-state index in [4.69, 9.17) is 0 Å². The standard InChI is InChI=1S/C15H29N/c1-4-5-9-16-10-8-14-12-6-7-13(11-12)15(14,2)3/h12-14,16H,4-11H2,1-3H3. The van der Waals surface area contributed by atoms with Crippen molar-refractivity contribution in [2.75, 3.05) is 13.1 Å². The van der Waals surface area contributed by atoms with E-state index in [0.29, 0.717) is 5.41 Å². The molecule has 1 nitrogen and oxygen atoms in total. The highest BCUT2D eigenvalue weighted by molar-refractivity contribution is 5.01. The number of rotatable bonds is 6. The van der Waals surface area contributed by atoms with Crippen molar-refractivity contribution in [3.63, 3.8) is 0 Å². The molecule has 94 valence electrons. The molecule has 0 heterocycles. The normalized spacial score (nSPS) is 35.8. The van der Waals surface area contributed by atoms with Crippen LogP contribution in [-0.4, -0.2) is 13.1 Å². The van der Waals surface area contributed by atoms with Crippen LogP contribution in [0, 0.1) is 23.2 Å². The minimum atomic E-state index is 0.634. The third kappa shape index (κ3) is 2.30. The number of unbranched alkanes of at least 4 members (excludes halogenated alkanes) is 1. The van der Waals surface area contributed by atoms with Crippen LogP contribution in [0.2, 0.25) is 0 Å². The number of hydrogen-bond acceptors (Lipinski definition) is 1. The smallest absolute Gasteiger partial charge is 0.00460 e. The molecular weight excluding hydrogens is 194 g/mol. The highest BCUT2D eigenvalue weighted by atomic mass is 14.8. The van der Waals surface area contributed by atoms with Crippen LogP contribution in [0.3, 0.4) is 0 Å². The summed E-state index contributed by atoms with van der Waals surface area (Å²) in [6.07, 6.45) is 8.63. The first kappa shape index (κ1) is 12.4. The van der Waals surface area contributed by atoms with Crippen molar-refractivity contribution in [3.8, 4) is 0 Å². The molecular formula is C15H29N. The Labute approximate surface area is 101 Å². The van der Waals surface area contributed by atoms with Gasteiger partial charge in [-0.1, -0.05) is 27.2 Å². The maximum Gasteiger partial charge on any atom is -0.00460 e. The van der Waals surface area contributed by atoms with Gasteiger partial charge in [0.1, 0.15) is 0 Å². The monoisotopic (exact) mass is 223 g/mol. The summed E-state index contributed by atoms with van der Waals surface area (Å²) in [7, 11) is 0. The van der Waals surface area contributed by atoms with E-state index in [-0.39, 0.29) is 0 Å². The third-order valence-corrected chi connectivity index (χ3v) is 5.39. The molecule has 2 bridgehead atoms. The molecule has 0 amide bonds. The van der Waals surface area contributed by atoms with Crippen LogP contribution in [-0.2, 0) is 0 Å². The lowest BCUT2D eigenvalue weighted by Crippen LogP contribution is -2.33. The first-order valence-corrected chi connectivity index (χ1v) is 7.37. The van der Waals surface area contributed by atoms with Gasteiger partial charge in [0, 0.05) is 0 Å². The maximum absolute atomic E-state index is 3.61. The summed E-state index contributed by atoms with van der Waals surface area (Å²) < 4.78 is 0. The molecule has 0 aromatic heterocycles. The van der Waals surface area contributed by atoms with Crippen LogP contribution < -0.4 is 5.32 Å². The van der Waals surface area contributed by atoms with Gasteiger partial charge in [-0.05, 0) is 68.4 Å². The Morgan fingerprint density at radius 3 is 2.62 bits per heavy atom. The second kappa shape index (κ2) is 5.08. The molecule has 2 rings (SSSR count). The van der Waals surface area contributed by atoms with Gasteiger partial charge < -0.3 is 5.32 Å². The van der Waals surface area contributed by atoms with E-state index in [0.717, 1.165) is 17.8 Å². The van der Waals surface area contributed by atoms with Crippen molar-refractivity contribution >= 4 is 0 Å². The Kier molecular flexibility index (Phi) is 3.94. The molecule has 0 aromatic rings. The van der Waals surface area contributed by atoms with Gasteiger partial charge in [-0.3, -0.25) is 0 Å². The van der Waals surface area contributed by atoms with E-state index in [1.165, 1.54) is 51.6 Å². The molecule has 2 aliphatic carbocycles. The van der Waals surface area contributed by atoms with Crippen molar-refractivity contribution in [2.45, 2.75) is 59.3 Å². The van der Waals surface area contributed by atoms with E-state index >= 15 is 0 Å². The first-order chi connectivity index (χ1) is 7.66. The molecule has 2 saturated carbocycles. The summed E-state index contributed by atoms with van der Waals surface area (Å²) in [5.74, 6) is 3.10. The summed E-state index contributed by atoms with van der Waals surface area (Å²) in [6, 6.07) is 0. The second-order valence-corrected chi connectivity index (χ2v) is 6.59. The highest BCUT2D eigenvalue weighted by Gasteiger charge is 2.51. The number of fused-ring (bicyclic) bond motifs is 2. The van der Waals surface area contributed by atoms with Gasteiger partial charge in [0.25, 0.3) is 0 Å².